The van der Waals surface area contributed by atoms with Crippen LogP contribution in [0.5, 0.6) is 11.5 Å². The molecular formula is C22H23BiO2S. The molecule has 4 heteroatoms. The van der Waals surface area contributed by atoms with Crippen LogP contribution in [0.2, 0.25) is 9.26 Å². The van der Waals surface area contributed by atoms with E-state index in [0.717, 1.165) is 11.5 Å². The van der Waals surface area contributed by atoms with Crippen LogP contribution >= 0.6 is 8.52 Å². The molecule has 26 heavy (non-hydrogen) atoms. The van der Waals surface area contributed by atoms with Crippen LogP contribution in [0.25, 0.3) is 22.3 Å². The molecule has 0 radical (unpaired) electrons. The van der Waals surface area contributed by atoms with E-state index in [-0.39, 0.29) is 0 Å². The van der Waals surface area contributed by atoms with Crippen molar-refractivity contribution >= 4 is 28.8 Å². The summed E-state index contributed by atoms with van der Waals surface area (Å²) in [5.41, 5.74) is 4.95. The molecule has 0 saturated carbocycles. The first-order valence-corrected chi connectivity index (χ1v) is 20.4. The van der Waals surface area contributed by atoms with Crippen LogP contribution < -0.4 is 9.47 Å². The van der Waals surface area contributed by atoms with Crippen LogP contribution in [-0.4, -0.2) is 34.5 Å². The average Bonchev–Trinajstić information content (AvgIpc) is 2.67. The molecule has 3 aromatic rings. The Morgan fingerprint density at radius 1 is 0.692 bits per heavy atom. The van der Waals surface area contributed by atoms with Crippen molar-refractivity contribution in [1.82, 2.24) is 0 Å². The summed E-state index contributed by atoms with van der Waals surface area (Å²) in [5.74, 6) is 1.77. The van der Waals surface area contributed by atoms with Crippen LogP contribution in [-0.2, 0) is 0 Å². The Balaban J connectivity index is 2.18. The van der Waals surface area contributed by atoms with Gasteiger partial charge in [-0.1, -0.05) is 0 Å². The van der Waals surface area contributed by atoms with E-state index in [0.29, 0.717) is 0 Å². The molecule has 0 saturated heterocycles. The number of methoxy groups -OCH3 is 2. The second-order valence-corrected chi connectivity index (χ2v) is 21.5. The molecule has 0 spiro atoms. The van der Waals surface area contributed by atoms with E-state index in [1.54, 1.807) is 14.2 Å². The second-order valence-electron chi connectivity index (χ2n) is 6.05. The zero-order valence-electron chi connectivity index (χ0n) is 15.5. The van der Waals surface area contributed by atoms with Gasteiger partial charge in [0.1, 0.15) is 0 Å². The van der Waals surface area contributed by atoms with Crippen LogP contribution in [0.4, 0.5) is 0 Å². The Morgan fingerprint density at radius 3 is 1.58 bits per heavy atom. The molecular weight excluding hydrogens is 537 g/mol. The van der Waals surface area contributed by atoms with Crippen molar-refractivity contribution < 1.29 is 9.47 Å². The fourth-order valence-corrected chi connectivity index (χ4v) is 10.3. The molecule has 0 aliphatic rings. The van der Waals surface area contributed by atoms with E-state index in [4.69, 9.17) is 9.47 Å². The van der Waals surface area contributed by atoms with Gasteiger partial charge in [-0.2, -0.15) is 0 Å². The van der Waals surface area contributed by atoms with E-state index in [2.05, 4.69) is 72.4 Å². The molecule has 0 fully saturated rings. The Kier molecular flexibility index (Phi) is 6.61. The fraction of sp³-hybridized carbons (Fsp3) is 0.182. The van der Waals surface area contributed by atoms with Crippen molar-refractivity contribution in [1.29, 1.82) is 0 Å². The molecule has 0 unspecified atom stereocenters. The Labute approximate surface area is 166 Å². The van der Waals surface area contributed by atoms with Gasteiger partial charge in [0.05, 0.1) is 0 Å². The van der Waals surface area contributed by atoms with Gasteiger partial charge in [-0.25, -0.2) is 0 Å². The summed E-state index contributed by atoms with van der Waals surface area (Å²) in [6.07, 6.45) is 0. The van der Waals surface area contributed by atoms with E-state index >= 15 is 0 Å². The standard InChI is InChI=1S/C20H18O2S.2CH3.Bi/c1-21-16-8-3-6-14(12-16)18-10-5-11-19(20(18)23)15-7-4-9-17(13-15)22-2;;;/h3-13,23H,1-2H3;2*1H3;/q;;;+1/p-1. The topological polar surface area (TPSA) is 18.5 Å². The predicted molar refractivity (Wildman–Crippen MR) is 114 cm³/mol. The molecule has 0 amide bonds. The Morgan fingerprint density at radius 2 is 1.15 bits per heavy atom. The third kappa shape index (κ3) is 4.42. The van der Waals surface area contributed by atoms with Crippen molar-refractivity contribution in [3.8, 4) is 33.8 Å². The van der Waals surface area contributed by atoms with Gasteiger partial charge < -0.3 is 0 Å². The molecule has 2 nitrogen and oxygen atoms in total. The van der Waals surface area contributed by atoms with E-state index in [1.807, 2.05) is 12.1 Å². The molecule has 3 aromatic carbocycles. The van der Waals surface area contributed by atoms with E-state index < -0.39 is 20.3 Å². The Bertz CT molecular complexity index is 827. The first-order valence-electron chi connectivity index (χ1n) is 8.39. The fourth-order valence-electron chi connectivity index (χ4n) is 2.85. The maximum absolute atomic E-state index is 5.43. The molecule has 0 N–H and O–H groups in total. The summed E-state index contributed by atoms with van der Waals surface area (Å²) in [4.78, 5) is 1.37. The van der Waals surface area contributed by atoms with Crippen molar-refractivity contribution in [2.45, 2.75) is 14.2 Å². The van der Waals surface area contributed by atoms with Gasteiger partial charge in [-0.15, -0.1) is 0 Å². The minimum absolute atomic E-state index is 0.887. The monoisotopic (exact) mass is 560 g/mol. The number of ether oxygens (including phenoxy) is 2. The maximum atomic E-state index is 5.43. The third-order valence-electron chi connectivity index (χ3n) is 4.05. The van der Waals surface area contributed by atoms with Gasteiger partial charge in [0.25, 0.3) is 0 Å². The molecule has 134 valence electrons. The number of hydrogen-bond donors (Lipinski definition) is 0. The van der Waals surface area contributed by atoms with Gasteiger partial charge in [0.2, 0.25) is 0 Å². The van der Waals surface area contributed by atoms with Crippen molar-refractivity contribution in [2.75, 3.05) is 14.2 Å². The quantitative estimate of drug-likeness (QED) is 0.326. The summed E-state index contributed by atoms with van der Waals surface area (Å²) in [7, 11) is 5.52. The van der Waals surface area contributed by atoms with Gasteiger partial charge in [0.15, 0.2) is 0 Å². The molecule has 0 aliphatic carbocycles. The average molecular weight is 560 g/mol. The third-order valence-corrected chi connectivity index (χ3v) is 11.4. The first kappa shape index (κ1) is 19.3. The van der Waals surface area contributed by atoms with Crippen LogP contribution in [0.1, 0.15) is 0 Å². The van der Waals surface area contributed by atoms with Crippen LogP contribution in [0.15, 0.2) is 71.6 Å². The normalized spacial score (nSPS) is 10.8. The molecule has 0 atom stereocenters. The number of rotatable bonds is 6. The zero-order chi connectivity index (χ0) is 18.5. The van der Waals surface area contributed by atoms with Crippen molar-refractivity contribution in [2.24, 2.45) is 0 Å². The second kappa shape index (κ2) is 8.93. The molecule has 0 aromatic heterocycles. The number of hydrogen-bond acceptors (Lipinski definition) is 3. The molecule has 0 heterocycles. The Hall–Kier alpha value is -1.51. The van der Waals surface area contributed by atoms with Gasteiger partial charge in [-0.3, -0.25) is 0 Å². The van der Waals surface area contributed by atoms with Gasteiger partial charge >= 0.3 is 167 Å². The van der Waals surface area contributed by atoms with Crippen molar-refractivity contribution in [3.05, 3.63) is 66.7 Å². The molecule has 0 aliphatic heterocycles. The summed E-state index contributed by atoms with van der Waals surface area (Å²) < 4.78 is 15.7. The van der Waals surface area contributed by atoms with Crippen molar-refractivity contribution in [3.63, 3.8) is 0 Å². The first-order chi connectivity index (χ1) is 12.6. The van der Waals surface area contributed by atoms with Crippen LogP contribution in [0, 0.1) is 0 Å². The van der Waals surface area contributed by atoms with Gasteiger partial charge in [0, 0.05) is 0 Å². The zero-order valence-corrected chi connectivity index (χ0v) is 19.8. The summed E-state index contributed by atoms with van der Waals surface area (Å²) >= 11 is -1.52. The minimum atomic E-state index is -1.52. The summed E-state index contributed by atoms with van der Waals surface area (Å²) in [5, 5.41) is 0. The summed E-state index contributed by atoms with van der Waals surface area (Å²) in [6.45, 7) is 0. The van der Waals surface area contributed by atoms with E-state index in [1.165, 1.54) is 27.1 Å². The number of benzene rings is 3. The molecule has 3 rings (SSSR count). The van der Waals surface area contributed by atoms with E-state index in [9.17, 15) is 0 Å². The molecule has 0 bridgehead atoms. The summed E-state index contributed by atoms with van der Waals surface area (Å²) in [6, 6.07) is 23.2. The predicted octanol–water partition coefficient (Wildman–Crippen LogP) is 6.38. The SMILES string of the molecule is COc1cccc(-c2cccc(-c3cccc(OC)c3)c2[S][Bi]([CH3])[CH3])c1. The van der Waals surface area contributed by atoms with Crippen LogP contribution in [0.3, 0.4) is 0 Å². The van der Waals surface area contributed by atoms with Gasteiger partial charge in [-0.05, 0) is 0 Å².